The number of esters is 3. The van der Waals surface area contributed by atoms with Crippen LogP contribution >= 0.6 is 0 Å². The molecule has 0 aliphatic rings. The van der Waals surface area contributed by atoms with E-state index >= 15 is 0 Å². The summed E-state index contributed by atoms with van der Waals surface area (Å²) in [6.07, 6.45) is 58.3. The zero-order chi connectivity index (χ0) is 41.5. The van der Waals surface area contributed by atoms with Crippen molar-refractivity contribution in [3.8, 4) is 0 Å². The molecular formula is C51H82O6. The fraction of sp³-hybridized carbons (Fsp3) is 0.627. The van der Waals surface area contributed by atoms with Crippen molar-refractivity contribution in [2.45, 2.75) is 194 Å². The Hall–Kier alpha value is -3.67. The fourth-order valence-corrected chi connectivity index (χ4v) is 5.75. The second-order valence-corrected chi connectivity index (χ2v) is 14.5. The van der Waals surface area contributed by atoms with Gasteiger partial charge in [-0.3, -0.25) is 14.4 Å². The van der Waals surface area contributed by atoms with Crippen LogP contribution in [0.2, 0.25) is 0 Å². The molecule has 0 bridgehead atoms. The molecule has 1 unspecified atom stereocenters. The van der Waals surface area contributed by atoms with Crippen LogP contribution in [0.4, 0.5) is 0 Å². The third-order valence-corrected chi connectivity index (χ3v) is 9.06. The van der Waals surface area contributed by atoms with Gasteiger partial charge < -0.3 is 14.2 Å². The van der Waals surface area contributed by atoms with Crippen molar-refractivity contribution >= 4 is 17.9 Å². The molecule has 0 saturated heterocycles. The van der Waals surface area contributed by atoms with E-state index in [-0.39, 0.29) is 37.5 Å². The van der Waals surface area contributed by atoms with Crippen molar-refractivity contribution in [1.82, 2.24) is 0 Å². The van der Waals surface area contributed by atoms with Crippen LogP contribution in [0.5, 0.6) is 0 Å². The molecule has 0 radical (unpaired) electrons. The maximum absolute atomic E-state index is 12.7. The highest BCUT2D eigenvalue weighted by Gasteiger charge is 2.19. The summed E-state index contributed by atoms with van der Waals surface area (Å²) in [5.74, 6) is -1.00. The highest BCUT2D eigenvalue weighted by atomic mass is 16.6. The van der Waals surface area contributed by atoms with Crippen LogP contribution in [0.25, 0.3) is 0 Å². The molecule has 322 valence electrons. The molecule has 0 rings (SSSR count). The molecule has 6 nitrogen and oxygen atoms in total. The van der Waals surface area contributed by atoms with Crippen molar-refractivity contribution in [2.75, 3.05) is 13.2 Å². The molecule has 0 heterocycles. The number of carbonyl (C=O) groups is 3. The van der Waals surface area contributed by atoms with Crippen molar-refractivity contribution in [1.29, 1.82) is 0 Å². The molecule has 0 spiro atoms. The lowest BCUT2D eigenvalue weighted by atomic mass is 10.1. The third kappa shape index (κ3) is 43.3. The molecule has 1 atom stereocenters. The first-order chi connectivity index (χ1) is 28.0. The van der Waals surface area contributed by atoms with Gasteiger partial charge in [0.1, 0.15) is 13.2 Å². The van der Waals surface area contributed by atoms with Crippen LogP contribution in [0.3, 0.4) is 0 Å². The third-order valence-electron chi connectivity index (χ3n) is 9.06. The van der Waals surface area contributed by atoms with Gasteiger partial charge in [-0.2, -0.15) is 0 Å². The van der Waals surface area contributed by atoms with Gasteiger partial charge in [0, 0.05) is 19.3 Å². The maximum atomic E-state index is 12.7. The van der Waals surface area contributed by atoms with E-state index in [9.17, 15) is 14.4 Å². The number of rotatable bonds is 39. The highest BCUT2D eigenvalue weighted by molar-refractivity contribution is 5.71. The van der Waals surface area contributed by atoms with Gasteiger partial charge in [-0.1, -0.05) is 163 Å². The van der Waals surface area contributed by atoms with E-state index in [4.69, 9.17) is 14.2 Å². The van der Waals surface area contributed by atoms with E-state index in [1.54, 1.807) is 0 Å². The largest absolute Gasteiger partial charge is 0.462 e. The van der Waals surface area contributed by atoms with E-state index in [0.717, 1.165) is 128 Å². The van der Waals surface area contributed by atoms with Crippen LogP contribution in [-0.2, 0) is 28.6 Å². The summed E-state index contributed by atoms with van der Waals surface area (Å²) < 4.78 is 16.6. The molecular weight excluding hydrogens is 709 g/mol. The van der Waals surface area contributed by atoms with Crippen LogP contribution in [0.1, 0.15) is 188 Å². The number of carbonyl (C=O) groups excluding carboxylic acids is 3. The molecule has 0 saturated carbocycles. The van der Waals surface area contributed by atoms with Gasteiger partial charge in [0.2, 0.25) is 0 Å². The van der Waals surface area contributed by atoms with E-state index in [0.29, 0.717) is 19.3 Å². The topological polar surface area (TPSA) is 78.9 Å². The van der Waals surface area contributed by atoms with Gasteiger partial charge in [-0.05, 0) is 103 Å². The average Bonchev–Trinajstić information content (AvgIpc) is 3.21. The number of ether oxygens (including phenoxy) is 3. The quantitative estimate of drug-likeness (QED) is 0.0267. The van der Waals surface area contributed by atoms with Gasteiger partial charge in [0.25, 0.3) is 0 Å². The molecule has 0 N–H and O–H groups in total. The monoisotopic (exact) mass is 791 g/mol. The number of hydrogen-bond donors (Lipinski definition) is 0. The number of hydrogen-bond acceptors (Lipinski definition) is 6. The zero-order valence-electron chi connectivity index (χ0n) is 36.6. The highest BCUT2D eigenvalue weighted by Crippen LogP contribution is 2.12. The Labute approximate surface area is 349 Å². The first kappa shape index (κ1) is 53.3. The Kier molecular flexibility index (Phi) is 42.1. The summed E-state index contributed by atoms with van der Waals surface area (Å²) in [4.78, 5) is 37.7. The predicted molar refractivity (Wildman–Crippen MR) is 242 cm³/mol. The van der Waals surface area contributed by atoms with E-state index < -0.39 is 6.10 Å². The summed E-state index contributed by atoms with van der Waals surface area (Å²) in [5, 5.41) is 0. The minimum atomic E-state index is -0.809. The Morgan fingerprint density at radius 1 is 0.351 bits per heavy atom. The molecule has 0 aromatic heterocycles. The summed E-state index contributed by atoms with van der Waals surface area (Å²) in [6, 6.07) is 0. The van der Waals surface area contributed by atoms with Crippen LogP contribution < -0.4 is 0 Å². The second kappa shape index (κ2) is 45.0. The van der Waals surface area contributed by atoms with Crippen molar-refractivity contribution in [3.05, 3.63) is 97.2 Å². The SMILES string of the molecule is CC/C=C\C/C=C\C/C=C\CCCCCCCCC(=O)OCC(COC(=O)CCC/C=C\C/C=C\C/C=C\CC)OC(=O)CCCCCCC/C=C\C/C=C\CC. The molecule has 57 heavy (non-hydrogen) atoms. The molecule has 0 aromatic carbocycles. The summed E-state index contributed by atoms with van der Waals surface area (Å²) >= 11 is 0. The normalized spacial score (nSPS) is 13.0. The lowest BCUT2D eigenvalue weighted by molar-refractivity contribution is -0.167. The number of allylic oxidation sites excluding steroid dienone is 16. The average molecular weight is 791 g/mol. The fourth-order valence-electron chi connectivity index (χ4n) is 5.75. The van der Waals surface area contributed by atoms with Gasteiger partial charge in [0.15, 0.2) is 6.10 Å². The van der Waals surface area contributed by atoms with Gasteiger partial charge in [-0.25, -0.2) is 0 Å². The van der Waals surface area contributed by atoms with Gasteiger partial charge in [-0.15, -0.1) is 0 Å². The van der Waals surface area contributed by atoms with E-state index in [1.165, 1.54) is 12.8 Å². The first-order valence-electron chi connectivity index (χ1n) is 22.7. The zero-order valence-corrected chi connectivity index (χ0v) is 36.6. The van der Waals surface area contributed by atoms with Crippen LogP contribution in [0.15, 0.2) is 97.2 Å². The van der Waals surface area contributed by atoms with Crippen LogP contribution in [-0.4, -0.2) is 37.2 Å². The standard InChI is InChI=1S/C51H82O6/c1-4-7-10-13-16-19-22-24-25-26-27-30-32-35-38-41-44-50(53)56-47-48(46-55-49(52)43-40-37-34-31-28-21-18-15-12-9-6-3)57-51(54)45-42-39-36-33-29-23-20-17-14-11-8-5-2/h7-12,16-21,24-25,31,34,48H,4-6,13-15,22-23,26-30,32-33,35-47H2,1-3H3/b10-7-,11-8-,12-9-,19-16-,20-17-,21-18-,25-24-,34-31-. The predicted octanol–water partition coefficient (Wildman–Crippen LogP) is 14.6. The molecule has 0 fully saturated rings. The van der Waals surface area contributed by atoms with Crippen LogP contribution in [0, 0.1) is 0 Å². The van der Waals surface area contributed by atoms with Gasteiger partial charge >= 0.3 is 17.9 Å². The number of unbranched alkanes of at least 4 members (excludes halogenated alkanes) is 12. The second-order valence-electron chi connectivity index (χ2n) is 14.5. The van der Waals surface area contributed by atoms with E-state index in [1.807, 2.05) is 0 Å². The van der Waals surface area contributed by atoms with Crippen molar-refractivity contribution in [3.63, 3.8) is 0 Å². The molecule has 0 aromatic rings. The lowest BCUT2D eigenvalue weighted by Gasteiger charge is -2.18. The summed E-state index contributed by atoms with van der Waals surface area (Å²) in [7, 11) is 0. The Balaban J connectivity index is 4.47. The van der Waals surface area contributed by atoms with Gasteiger partial charge in [0.05, 0.1) is 0 Å². The molecule has 0 amide bonds. The Bertz CT molecular complexity index is 1180. The van der Waals surface area contributed by atoms with E-state index in [2.05, 4.69) is 118 Å². The minimum absolute atomic E-state index is 0.108. The van der Waals surface area contributed by atoms with Crippen molar-refractivity contribution < 1.29 is 28.6 Å². The molecule has 0 aliphatic carbocycles. The smallest absolute Gasteiger partial charge is 0.306 e. The summed E-state index contributed by atoms with van der Waals surface area (Å²) in [5.41, 5.74) is 0. The molecule has 0 aliphatic heterocycles. The Morgan fingerprint density at radius 2 is 0.649 bits per heavy atom. The lowest BCUT2D eigenvalue weighted by Crippen LogP contribution is -2.30. The Morgan fingerprint density at radius 3 is 1.05 bits per heavy atom. The first-order valence-corrected chi connectivity index (χ1v) is 22.7. The summed E-state index contributed by atoms with van der Waals surface area (Å²) in [6.45, 7) is 6.20. The van der Waals surface area contributed by atoms with Crippen molar-refractivity contribution in [2.24, 2.45) is 0 Å². The maximum Gasteiger partial charge on any atom is 0.306 e. The molecule has 6 heteroatoms. The minimum Gasteiger partial charge on any atom is -0.462 e.